The summed E-state index contributed by atoms with van der Waals surface area (Å²) in [4.78, 5) is 25.7. The van der Waals surface area contributed by atoms with Crippen LogP contribution in [0.1, 0.15) is 44.0 Å². The van der Waals surface area contributed by atoms with Gasteiger partial charge in [0.25, 0.3) is 5.91 Å². The lowest BCUT2D eigenvalue weighted by Crippen LogP contribution is -2.14. The molecule has 0 unspecified atom stereocenters. The lowest BCUT2D eigenvalue weighted by atomic mass is 10.1. The number of nitrogens with zero attached hydrogens (tertiary/aromatic N) is 2. The highest BCUT2D eigenvalue weighted by atomic mass is 32.1. The van der Waals surface area contributed by atoms with E-state index >= 15 is 0 Å². The van der Waals surface area contributed by atoms with Crippen LogP contribution in [-0.2, 0) is 11.3 Å². The first-order valence-electron chi connectivity index (χ1n) is 8.14. The summed E-state index contributed by atoms with van der Waals surface area (Å²) < 4.78 is 12.4. The molecule has 0 radical (unpaired) electrons. The van der Waals surface area contributed by atoms with E-state index in [2.05, 4.69) is 10.4 Å². The van der Waals surface area contributed by atoms with Gasteiger partial charge in [-0.2, -0.15) is 5.10 Å². The van der Waals surface area contributed by atoms with Crippen LogP contribution >= 0.6 is 11.3 Å². The SMILES string of the molecule is CCOC(=O)c1c(NC(=O)c2ccc(Cn3cccn3)o2)sc(C)c1C. The number of thiophene rings is 1. The number of anilines is 1. The third-order valence-electron chi connectivity index (χ3n) is 3.85. The second-order valence-corrected chi connectivity index (χ2v) is 6.86. The molecule has 1 amide bonds. The fourth-order valence-corrected chi connectivity index (χ4v) is 3.51. The van der Waals surface area contributed by atoms with Crippen molar-refractivity contribution in [2.24, 2.45) is 0 Å². The quantitative estimate of drug-likeness (QED) is 0.667. The van der Waals surface area contributed by atoms with E-state index in [1.807, 2.05) is 26.1 Å². The minimum Gasteiger partial charge on any atom is -0.462 e. The number of amides is 1. The van der Waals surface area contributed by atoms with Crippen LogP contribution in [0.4, 0.5) is 5.00 Å². The maximum atomic E-state index is 12.5. The number of ether oxygens (including phenoxy) is 1. The van der Waals surface area contributed by atoms with Crippen molar-refractivity contribution in [3.63, 3.8) is 0 Å². The normalized spacial score (nSPS) is 10.7. The molecule has 8 heteroatoms. The van der Waals surface area contributed by atoms with Crippen molar-refractivity contribution in [1.29, 1.82) is 0 Å². The molecule has 136 valence electrons. The maximum Gasteiger partial charge on any atom is 0.341 e. The third kappa shape index (κ3) is 3.70. The van der Waals surface area contributed by atoms with Gasteiger partial charge in [0.05, 0.1) is 18.7 Å². The molecule has 3 heterocycles. The number of carbonyl (C=O) groups is 2. The van der Waals surface area contributed by atoms with Crippen molar-refractivity contribution >= 4 is 28.2 Å². The second kappa shape index (κ2) is 7.57. The first-order chi connectivity index (χ1) is 12.5. The number of carbonyl (C=O) groups excluding carboxylic acids is 2. The molecule has 0 saturated heterocycles. The fourth-order valence-electron chi connectivity index (χ4n) is 2.47. The average molecular weight is 373 g/mol. The van der Waals surface area contributed by atoms with Crippen molar-refractivity contribution in [2.75, 3.05) is 11.9 Å². The van der Waals surface area contributed by atoms with E-state index in [0.29, 0.717) is 22.9 Å². The summed E-state index contributed by atoms with van der Waals surface area (Å²) in [5.41, 5.74) is 1.20. The predicted molar refractivity (Wildman–Crippen MR) is 97.7 cm³/mol. The molecule has 3 rings (SSSR count). The molecule has 0 aliphatic carbocycles. The summed E-state index contributed by atoms with van der Waals surface area (Å²) >= 11 is 1.34. The van der Waals surface area contributed by atoms with Crippen molar-refractivity contribution in [2.45, 2.75) is 27.3 Å². The summed E-state index contributed by atoms with van der Waals surface area (Å²) in [6.45, 7) is 6.19. The standard InChI is InChI=1S/C18H19N3O4S/c1-4-24-18(23)15-11(2)12(3)26-17(15)20-16(22)14-7-6-13(25-14)10-21-9-5-8-19-21/h5-9H,4,10H2,1-3H3,(H,20,22). The van der Waals surface area contributed by atoms with Gasteiger partial charge >= 0.3 is 5.97 Å². The average Bonchev–Trinajstić information content (AvgIpc) is 3.31. The van der Waals surface area contributed by atoms with Gasteiger partial charge in [-0.05, 0) is 44.5 Å². The summed E-state index contributed by atoms with van der Waals surface area (Å²) in [5, 5.41) is 7.33. The fraction of sp³-hybridized carbons (Fsp3) is 0.278. The molecule has 0 saturated carbocycles. The Hall–Kier alpha value is -2.87. The van der Waals surface area contributed by atoms with Crippen LogP contribution in [0, 0.1) is 13.8 Å². The Balaban J connectivity index is 1.77. The van der Waals surface area contributed by atoms with Crippen LogP contribution in [0.2, 0.25) is 0 Å². The Bertz CT molecular complexity index is 925. The molecule has 0 aromatic carbocycles. The molecule has 0 bridgehead atoms. The van der Waals surface area contributed by atoms with Crippen LogP contribution in [0.5, 0.6) is 0 Å². The van der Waals surface area contributed by atoms with E-state index < -0.39 is 11.9 Å². The zero-order chi connectivity index (χ0) is 18.7. The largest absolute Gasteiger partial charge is 0.462 e. The Kier molecular flexibility index (Phi) is 5.22. The van der Waals surface area contributed by atoms with Crippen LogP contribution in [0.3, 0.4) is 0 Å². The molecule has 0 spiro atoms. The number of rotatable bonds is 6. The minimum atomic E-state index is -0.441. The zero-order valence-electron chi connectivity index (χ0n) is 14.7. The van der Waals surface area contributed by atoms with Gasteiger partial charge in [0.15, 0.2) is 5.76 Å². The highest BCUT2D eigenvalue weighted by Crippen LogP contribution is 2.33. The highest BCUT2D eigenvalue weighted by molar-refractivity contribution is 7.16. The monoisotopic (exact) mass is 373 g/mol. The molecular formula is C18H19N3O4S. The van der Waals surface area contributed by atoms with Gasteiger partial charge in [0.1, 0.15) is 10.8 Å². The number of aryl methyl sites for hydroxylation is 1. The topological polar surface area (TPSA) is 86.4 Å². The first kappa shape index (κ1) is 17.9. The molecular weight excluding hydrogens is 354 g/mol. The molecule has 0 aliphatic heterocycles. The molecule has 26 heavy (non-hydrogen) atoms. The lowest BCUT2D eigenvalue weighted by Gasteiger charge is -2.06. The van der Waals surface area contributed by atoms with E-state index in [1.165, 1.54) is 11.3 Å². The van der Waals surface area contributed by atoms with Gasteiger partial charge < -0.3 is 14.5 Å². The Morgan fingerprint density at radius 3 is 2.85 bits per heavy atom. The van der Waals surface area contributed by atoms with E-state index in [1.54, 1.807) is 29.9 Å². The number of nitrogens with one attached hydrogen (secondary N) is 1. The number of furan rings is 1. The Labute approximate surface area is 154 Å². The van der Waals surface area contributed by atoms with Crippen LogP contribution in [-0.4, -0.2) is 28.3 Å². The molecule has 3 aromatic heterocycles. The molecule has 0 aliphatic rings. The van der Waals surface area contributed by atoms with Crippen molar-refractivity contribution in [1.82, 2.24) is 9.78 Å². The van der Waals surface area contributed by atoms with Gasteiger partial charge in [0, 0.05) is 17.3 Å². The molecule has 0 atom stereocenters. The second-order valence-electron chi connectivity index (χ2n) is 5.63. The van der Waals surface area contributed by atoms with E-state index in [4.69, 9.17) is 9.15 Å². The third-order valence-corrected chi connectivity index (χ3v) is 4.98. The van der Waals surface area contributed by atoms with Gasteiger partial charge in [-0.15, -0.1) is 11.3 Å². The summed E-state index contributed by atoms with van der Waals surface area (Å²) in [6.07, 6.45) is 3.49. The predicted octanol–water partition coefficient (Wildman–Crippen LogP) is 3.63. The van der Waals surface area contributed by atoms with Crippen molar-refractivity contribution in [3.05, 3.63) is 58.1 Å². The Morgan fingerprint density at radius 2 is 2.15 bits per heavy atom. The van der Waals surface area contributed by atoms with Gasteiger partial charge in [-0.25, -0.2) is 4.79 Å². The zero-order valence-corrected chi connectivity index (χ0v) is 15.6. The minimum absolute atomic E-state index is 0.172. The highest BCUT2D eigenvalue weighted by Gasteiger charge is 2.23. The number of aromatic nitrogens is 2. The van der Waals surface area contributed by atoms with Crippen LogP contribution in [0.15, 0.2) is 35.0 Å². The van der Waals surface area contributed by atoms with E-state index in [0.717, 1.165) is 10.4 Å². The smallest absolute Gasteiger partial charge is 0.341 e. The lowest BCUT2D eigenvalue weighted by molar-refractivity contribution is 0.0527. The van der Waals surface area contributed by atoms with Crippen molar-refractivity contribution < 1.29 is 18.7 Å². The number of esters is 1. The molecule has 0 fully saturated rings. The molecule has 7 nitrogen and oxygen atoms in total. The Morgan fingerprint density at radius 1 is 1.35 bits per heavy atom. The first-order valence-corrected chi connectivity index (χ1v) is 8.95. The van der Waals surface area contributed by atoms with E-state index in [9.17, 15) is 9.59 Å². The molecule has 1 N–H and O–H groups in total. The van der Waals surface area contributed by atoms with Gasteiger partial charge in [-0.3, -0.25) is 9.48 Å². The van der Waals surface area contributed by atoms with Crippen LogP contribution in [0.25, 0.3) is 0 Å². The summed E-state index contributed by atoms with van der Waals surface area (Å²) in [5.74, 6) is -0.0688. The summed E-state index contributed by atoms with van der Waals surface area (Å²) in [7, 11) is 0. The maximum absolute atomic E-state index is 12.5. The van der Waals surface area contributed by atoms with Gasteiger partial charge in [0.2, 0.25) is 0 Å². The van der Waals surface area contributed by atoms with Crippen LogP contribution < -0.4 is 5.32 Å². The van der Waals surface area contributed by atoms with E-state index in [-0.39, 0.29) is 12.4 Å². The van der Waals surface area contributed by atoms with Crippen molar-refractivity contribution in [3.8, 4) is 0 Å². The number of hydrogen-bond acceptors (Lipinski definition) is 6. The number of hydrogen-bond donors (Lipinski definition) is 1. The molecule has 3 aromatic rings. The van der Waals surface area contributed by atoms with Gasteiger partial charge in [-0.1, -0.05) is 0 Å². The summed E-state index contributed by atoms with van der Waals surface area (Å²) in [6, 6.07) is 5.15.